The summed E-state index contributed by atoms with van der Waals surface area (Å²) >= 11 is 6.05. The van der Waals surface area contributed by atoms with E-state index in [0.717, 1.165) is 16.5 Å². The number of carbonyl (C=O) groups excluding carboxylic acids is 2. The molecule has 4 heterocycles. The number of phenolic OH excluding ortho intramolecular Hbond substituents is 1. The topological polar surface area (TPSA) is 131 Å². The highest BCUT2D eigenvalue weighted by Crippen LogP contribution is 2.46. The fraction of sp³-hybridized carbons (Fsp3) is 0.290. The number of rotatable bonds is 3. The lowest BCUT2D eigenvalue weighted by Crippen LogP contribution is -2.44. The number of nitrogens with one attached hydrogen (secondary N) is 1. The van der Waals surface area contributed by atoms with E-state index in [9.17, 15) is 24.6 Å². The van der Waals surface area contributed by atoms with E-state index in [0.29, 0.717) is 40.9 Å². The zero-order valence-electron chi connectivity index (χ0n) is 22.7. The maximum atomic E-state index is 15.1. The van der Waals surface area contributed by atoms with Crippen LogP contribution in [0.3, 0.4) is 0 Å². The van der Waals surface area contributed by atoms with Crippen molar-refractivity contribution in [1.29, 1.82) is 0 Å². The van der Waals surface area contributed by atoms with Gasteiger partial charge in [0.15, 0.2) is 5.60 Å². The Labute approximate surface area is 243 Å². The second-order valence-corrected chi connectivity index (χ2v) is 11.4. The molecule has 7 rings (SSSR count). The van der Waals surface area contributed by atoms with Gasteiger partial charge in [0.2, 0.25) is 0 Å². The number of nitrogens with zero attached hydrogens (tertiary/aromatic N) is 2. The molecular formula is C31H25ClFN3O6. The maximum absolute atomic E-state index is 15.1. The van der Waals surface area contributed by atoms with Gasteiger partial charge in [0, 0.05) is 28.1 Å². The van der Waals surface area contributed by atoms with Crippen molar-refractivity contribution in [2.24, 2.45) is 0 Å². The van der Waals surface area contributed by atoms with Gasteiger partial charge < -0.3 is 24.8 Å². The smallest absolute Gasteiger partial charge is 0.343 e. The molecule has 4 aromatic rings. The number of esters is 1. The first-order valence-corrected chi connectivity index (χ1v) is 14.0. The number of phenols is 1. The number of ether oxygens (including phenoxy) is 1. The average Bonchev–Trinajstić information content (AvgIpc) is 3.34. The molecular weight excluding hydrogens is 565 g/mol. The molecule has 0 saturated carbocycles. The molecule has 3 N–H and O–H groups in total. The number of carbonyl (C=O) groups is 2. The molecule has 11 heteroatoms. The standard InChI is InChI=1S/C31H25ClFN3O6/c1-3-31(41)18-9-23-27-16(11-36(23)29(39)17(18)12-42-30(31)40)26-21(35-28(38)14-4-7-24(37)19(32)8-14)6-5-15-13(2)20(33)10-22(34-27)25(15)26/h4,7-10,21,37,41H,3,5-6,11-12H2,1-2H3,(H,35,38)/t21-,31-/m0/s1. The first kappa shape index (κ1) is 26.6. The first-order chi connectivity index (χ1) is 20.0. The lowest BCUT2D eigenvalue weighted by Gasteiger charge is -2.31. The molecule has 0 bridgehead atoms. The van der Waals surface area contributed by atoms with Crippen LogP contribution in [0.25, 0.3) is 22.3 Å². The van der Waals surface area contributed by atoms with E-state index in [1.807, 2.05) is 0 Å². The molecule has 2 aromatic carbocycles. The van der Waals surface area contributed by atoms with E-state index in [2.05, 4.69) is 5.32 Å². The lowest BCUT2D eigenvalue weighted by molar-refractivity contribution is -0.172. The van der Waals surface area contributed by atoms with Crippen LogP contribution in [0.5, 0.6) is 5.75 Å². The molecule has 3 aliphatic rings. The highest BCUT2D eigenvalue weighted by Gasteiger charge is 2.46. The van der Waals surface area contributed by atoms with Crippen molar-refractivity contribution in [2.75, 3.05) is 0 Å². The van der Waals surface area contributed by atoms with E-state index >= 15 is 4.39 Å². The van der Waals surface area contributed by atoms with Gasteiger partial charge in [-0.25, -0.2) is 14.2 Å². The summed E-state index contributed by atoms with van der Waals surface area (Å²) in [5.41, 5.74) is 2.23. The van der Waals surface area contributed by atoms with Crippen LogP contribution in [0.4, 0.5) is 4.39 Å². The Morgan fingerprint density at radius 3 is 2.76 bits per heavy atom. The number of fused-ring (bicyclic) bond motifs is 5. The molecule has 0 radical (unpaired) electrons. The van der Waals surface area contributed by atoms with Crippen molar-refractivity contribution in [3.05, 3.63) is 90.5 Å². The molecule has 1 aliphatic carbocycles. The van der Waals surface area contributed by atoms with Crippen molar-refractivity contribution in [3.8, 4) is 17.1 Å². The summed E-state index contributed by atoms with van der Waals surface area (Å²) in [5.74, 6) is -1.77. The molecule has 0 unspecified atom stereocenters. The molecule has 0 saturated heterocycles. The average molecular weight is 590 g/mol. The second-order valence-electron chi connectivity index (χ2n) is 11.0. The summed E-state index contributed by atoms with van der Waals surface area (Å²) in [7, 11) is 0. The first-order valence-electron chi connectivity index (χ1n) is 13.6. The fourth-order valence-electron chi connectivity index (χ4n) is 6.59. The molecule has 2 atom stereocenters. The Morgan fingerprint density at radius 2 is 2.02 bits per heavy atom. The summed E-state index contributed by atoms with van der Waals surface area (Å²) in [6.07, 6.45) is 0.979. The zero-order chi connectivity index (χ0) is 29.7. The lowest BCUT2D eigenvalue weighted by atomic mass is 9.81. The number of hydrogen-bond acceptors (Lipinski definition) is 7. The molecule has 9 nitrogen and oxygen atoms in total. The molecule has 1 amide bonds. The van der Waals surface area contributed by atoms with Crippen LogP contribution >= 0.6 is 11.6 Å². The number of amides is 1. The largest absolute Gasteiger partial charge is 0.506 e. The van der Waals surface area contributed by atoms with Crippen molar-refractivity contribution in [1.82, 2.24) is 14.9 Å². The number of aliphatic hydroxyl groups is 1. The normalized spacial score (nSPS) is 20.1. The Kier molecular flexibility index (Phi) is 5.77. The highest BCUT2D eigenvalue weighted by atomic mass is 35.5. The van der Waals surface area contributed by atoms with Crippen molar-refractivity contribution in [2.45, 2.75) is 57.9 Å². The van der Waals surface area contributed by atoms with Gasteiger partial charge in [-0.05, 0) is 67.1 Å². The number of aromatic nitrogens is 2. The SMILES string of the molecule is CC[C@@]1(O)C(=O)OCc2c1cc1n(c2=O)Cc2c-1nc1cc(F)c(C)c3c1c2[C@@H](NC(=O)c1ccc(O)c(Cl)c1)CC3. The number of aromatic hydroxyl groups is 1. The minimum atomic E-state index is -1.98. The number of halogens is 2. The van der Waals surface area contributed by atoms with Gasteiger partial charge in [-0.3, -0.25) is 9.59 Å². The van der Waals surface area contributed by atoms with Gasteiger partial charge in [0.25, 0.3) is 11.5 Å². The maximum Gasteiger partial charge on any atom is 0.343 e. The third-order valence-electron chi connectivity index (χ3n) is 8.89. The van der Waals surface area contributed by atoms with Gasteiger partial charge >= 0.3 is 5.97 Å². The molecule has 42 heavy (non-hydrogen) atoms. The number of pyridine rings is 2. The van der Waals surface area contributed by atoms with E-state index in [4.69, 9.17) is 21.3 Å². The number of cyclic esters (lactones) is 1. The minimum Gasteiger partial charge on any atom is -0.506 e. The number of aryl methyl sites for hydroxylation is 1. The third-order valence-corrected chi connectivity index (χ3v) is 9.20. The van der Waals surface area contributed by atoms with Gasteiger partial charge in [-0.15, -0.1) is 0 Å². The van der Waals surface area contributed by atoms with Crippen molar-refractivity contribution < 1.29 is 28.9 Å². The van der Waals surface area contributed by atoms with Crippen LogP contribution < -0.4 is 10.9 Å². The van der Waals surface area contributed by atoms with Crippen LogP contribution in [-0.2, 0) is 34.7 Å². The molecule has 214 valence electrons. The quantitative estimate of drug-likeness (QED) is 0.267. The Balaban J connectivity index is 1.44. The summed E-state index contributed by atoms with van der Waals surface area (Å²) in [5, 5.41) is 24.9. The molecule has 0 fully saturated rings. The van der Waals surface area contributed by atoms with Crippen LogP contribution in [-0.4, -0.2) is 31.6 Å². The summed E-state index contributed by atoms with van der Waals surface area (Å²) < 4.78 is 21.8. The van der Waals surface area contributed by atoms with Crippen LogP contribution in [0.1, 0.15) is 69.5 Å². The summed E-state index contributed by atoms with van der Waals surface area (Å²) in [6, 6.07) is 6.67. The van der Waals surface area contributed by atoms with Gasteiger partial charge in [0.1, 0.15) is 18.2 Å². The van der Waals surface area contributed by atoms with E-state index in [1.165, 1.54) is 28.8 Å². The van der Waals surface area contributed by atoms with Crippen LogP contribution in [0.2, 0.25) is 5.02 Å². The molecule has 2 aromatic heterocycles. The zero-order valence-corrected chi connectivity index (χ0v) is 23.4. The van der Waals surface area contributed by atoms with Crippen LogP contribution in [0.15, 0.2) is 35.1 Å². The van der Waals surface area contributed by atoms with Gasteiger partial charge in [-0.2, -0.15) is 0 Å². The summed E-state index contributed by atoms with van der Waals surface area (Å²) in [4.78, 5) is 44.5. The molecule has 2 aliphatic heterocycles. The predicted octanol–water partition coefficient (Wildman–Crippen LogP) is 4.30. The van der Waals surface area contributed by atoms with Gasteiger partial charge in [0.05, 0.1) is 40.1 Å². The number of hydrogen-bond donors (Lipinski definition) is 3. The van der Waals surface area contributed by atoms with E-state index in [1.54, 1.807) is 19.9 Å². The Bertz CT molecular complexity index is 1970. The van der Waals surface area contributed by atoms with Crippen LogP contribution in [0, 0.1) is 12.7 Å². The van der Waals surface area contributed by atoms with Gasteiger partial charge in [-0.1, -0.05) is 18.5 Å². The van der Waals surface area contributed by atoms with Crippen molar-refractivity contribution >= 4 is 34.4 Å². The Morgan fingerprint density at radius 1 is 1.24 bits per heavy atom. The van der Waals surface area contributed by atoms with Crippen molar-refractivity contribution in [3.63, 3.8) is 0 Å². The monoisotopic (exact) mass is 589 g/mol. The van der Waals surface area contributed by atoms with E-state index in [-0.39, 0.29) is 47.0 Å². The predicted molar refractivity (Wildman–Crippen MR) is 151 cm³/mol. The minimum absolute atomic E-state index is 0.00815. The fourth-order valence-corrected chi connectivity index (χ4v) is 6.77. The summed E-state index contributed by atoms with van der Waals surface area (Å²) in [6.45, 7) is 3.23. The third kappa shape index (κ3) is 3.58. The van der Waals surface area contributed by atoms with E-state index < -0.39 is 34.9 Å². The second kappa shape index (κ2) is 9.11. The molecule has 0 spiro atoms. The Hall–Kier alpha value is -4.28. The number of benzene rings is 2. The highest BCUT2D eigenvalue weighted by molar-refractivity contribution is 6.32.